The number of amides is 1. The van der Waals surface area contributed by atoms with Crippen molar-refractivity contribution in [2.45, 2.75) is 40.3 Å². The number of hydrogen-bond acceptors (Lipinski definition) is 8. The van der Waals surface area contributed by atoms with E-state index in [1.54, 1.807) is 40.7 Å². The van der Waals surface area contributed by atoms with Crippen LogP contribution in [-0.4, -0.2) is 33.0 Å². The second kappa shape index (κ2) is 8.16. The molecule has 7 nitrogen and oxygen atoms in total. The van der Waals surface area contributed by atoms with Crippen molar-refractivity contribution in [1.82, 2.24) is 20.0 Å². The van der Waals surface area contributed by atoms with Crippen LogP contribution < -0.4 is 4.74 Å². The highest BCUT2D eigenvalue weighted by molar-refractivity contribution is 7.18. The Balaban J connectivity index is 1.42. The highest BCUT2D eigenvalue weighted by Crippen LogP contribution is 2.28. The molecule has 0 radical (unpaired) electrons. The first-order valence-electron chi connectivity index (χ1n) is 9.48. The van der Waals surface area contributed by atoms with Crippen LogP contribution in [0.25, 0.3) is 10.2 Å². The predicted octanol–water partition coefficient (Wildman–Crippen LogP) is 5.08. The molecule has 9 heteroatoms. The molecule has 4 aromatic rings. The van der Waals surface area contributed by atoms with Gasteiger partial charge in [-0.25, -0.2) is 9.97 Å². The molecule has 1 atom stereocenters. The number of benzene rings is 1. The highest BCUT2D eigenvalue weighted by Gasteiger charge is 2.25. The molecule has 0 aliphatic rings. The molecule has 0 aliphatic heterocycles. The maximum atomic E-state index is 12.8. The van der Waals surface area contributed by atoms with Crippen molar-refractivity contribution < 1.29 is 14.1 Å². The fourth-order valence-corrected chi connectivity index (χ4v) is 4.94. The second-order valence-corrected chi connectivity index (χ2v) is 9.74. The molecular formula is C21H22N4O3S2. The number of carbonyl (C=O) groups is 1. The minimum absolute atomic E-state index is 0.160. The minimum atomic E-state index is -0.220. The molecule has 0 spiro atoms. The zero-order valence-electron chi connectivity index (χ0n) is 17.4. The fraction of sp³-hybridized carbons (Fsp3) is 0.333. The fourth-order valence-electron chi connectivity index (χ4n) is 3.22. The molecule has 0 bridgehead atoms. The molecule has 0 saturated heterocycles. The molecule has 0 fully saturated rings. The first-order valence-corrected chi connectivity index (χ1v) is 11.1. The van der Waals surface area contributed by atoms with Gasteiger partial charge in [0.25, 0.3) is 5.91 Å². The van der Waals surface area contributed by atoms with Crippen LogP contribution in [0.2, 0.25) is 0 Å². The van der Waals surface area contributed by atoms with Gasteiger partial charge in [-0.05, 0) is 39.8 Å². The number of rotatable bonds is 6. The highest BCUT2D eigenvalue weighted by atomic mass is 32.1. The lowest BCUT2D eigenvalue weighted by Gasteiger charge is -2.23. The number of thiazole rings is 2. The topological polar surface area (TPSA) is 81.4 Å². The van der Waals surface area contributed by atoms with Crippen molar-refractivity contribution in [3.8, 4) is 5.75 Å². The van der Waals surface area contributed by atoms with Gasteiger partial charge in [0.2, 0.25) is 0 Å². The summed E-state index contributed by atoms with van der Waals surface area (Å²) >= 11 is 3.28. The molecule has 1 unspecified atom stereocenters. The Labute approximate surface area is 182 Å². The molecule has 0 N–H and O–H groups in total. The Morgan fingerprint density at radius 2 is 1.93 bits per heavy atom. The van der Waals surface area contributed by atoms with Crippen molar-refractivity contribution in [2.24, 2.45) is 0 Å². The smallest absolute Gasteiger partial charge is 0.276 e. The molecule has 1 amide bonds. The van der Waals surface area contributed by atoms with Crippen molar-refractivity contribution in [2.75, 3.05) is 7.05 Å². The van der Waals surface area contributed by atoms with E-state index in [1.807, 2.05) is 45.9 Å². The second-order valence-electron chi connectivity index (χ2n) is 7.10. The maximum absolute atomic E-state index is 12.8. The third kappa shape index (κ3) is 4.08. The molecule has 1 aromatic carbocycles. The van der Waals surface area contributed by atoms with Crippen molar-refractivity contribution in [3.05, 3.63) is 56.3 Å². The van der Waals surface area contributed by atoms with Gasteiger partial charge in [-0.3, -0.25) is 4.79 Å². The number of hydrogen-bond donors (Lipinski definition) is 0. The summed E-state index contributed by atoms with van der Waals surface area (Å²) in [6.07, 6.45) is 0. The Kier molecular flexibility index (Phi) is 5.57. The molecular weight excluding hydrogens is 420 g/mol. The van der Waals surface area contributed by atoms with E-state index in [4.69, 9.17) is 9.26 Å². The van der Waals surface area contributed by atoms with Gasteiger partial charge in [-0.15, -0.1) is 22.7 Å². The van der Waals surface area contributed by atoms with Gasteiger partial charge in [-0.2, -0.15) is 0 Å². The number of aryl methyl sites for hydroxylation is 3. The Hall–Kier alpha value is -2.78. The summed E-state index contributed by atoms with van der Waals surface area (Å²) in [6.45, 7) is 8.10. The van der Waals surface area contributed by atoms with E-state index in [9.17, 15) is 4.79 Å². The van der Waals surface area contributed by atoms with Crippen LogP contribution in [0.15, 0.2) is 28.8 Å². The van der Waals surface area contributed by atoms with Crippen LogP contribution in [0.5, 0.6) is 5.75 Å². The first-order chi connectivity index (χ1) is 14.3. The number of nitrogens with zero attached hydrogens (tertiary/aromatic N) is 4. The van der Waals surface area contributed by atoms with Crippen LogP contribution in [0.4, 0.5) is 0 Å². The SMILES string of the molecule is Cc1nc(C(C)N(C)C(=O)c2cc(COc3ccc4sc(C)nc4c3)on2)c(C)s1. The summed E-state index contributed by atoms with van der Waals surface area (Å²) in [5.74, 6) is 0.953. The van der Waals surface area contributed by atoms with Crippen LogP contribution >= 0.6 is 22.7 Å². The zero-order chi connectivity index (χ0) is 21.4. The van der Waals surface area contributed by atoms with E-state index < -0.39 is 0 Å². The standard InChI is InChI=1S/C21H22N4O3S2/c1-11(20-12(2)29-14(4)23-20)25(5)21(26)18-9-16(28-24-18)10-27-15-6-7-19-17(8-15)22-13(3)30-19/h6-9,11H,10H2,1-5H3. The van der Waals surface area contributed by atoms with Crippen molar-refractivity contribution in [3.63, 3.8) is 0 Å². The summed E-state index contributed by atoms with van der Waals surface area (Å²) in [5, 5.41) is 5.94. The molecule has 156 valence electrons. The molecule has 30 heavy (non-hydrogen) atoms. The number of carbonyl (C=O) groups excluding carboxylic acids is 1. The van der Waals surface area contributed by atoms with Gasteiger partial charge in [0.05, 0.1) is 32.0 Å². The van der Waals surface area contributed by atoms with Gasteiger partial charge < -0.3 is 14.2 Å². The van der Waals surface area contributed by atoms with Crippen LogP contribution in [0.1, 0.15) is 49.8 Å². The average molecular weight is 443 g/mol. The third-order valence-corrected chi connectivity index (χ3v) is 6.72. The Bertz CT molecular complexity index is 1210. The van der Waals surface area contributed by atoms with Gasteiger partial charge in [0, 0.05) is 24.1 Å². The molecule has 0 saturated carbocycles. The van der Waals surface area contributed by atoms with E-state index in [-0.39, 0.29) is 24.2 Å². The first kappa shape index (κ1) is 20.5. The predicted molar refractivity (Wildman–Crippen MR) is 117 cm³/mol. The number of fused-ring (bicyclic) bond motifs is 1. The Morgan fingerprint density at radius 3 is 2.67 bits per heavy atom. The summed E-state index contributed by atoms with van der Waals surface area (Å²) in [5.41, 5.74) is 2.07. The van der Waals surface area contributed by atoms with Crippen LogP contribution in [0.3, 0.4) is 0 Å². The van der Waals surface area contributed by atoms with E-state index in [0.717, 1.165) is 30.8 Å². The van der Waals surface area contributed by atoms with E-state index in [2.05, 4.69) is 15.1 Å². The largest absolute Gasteiger partial charge is 0.485 e. The van der Waals surface area contributed by atoms with E-state index in [0.29, 0.717) is 11.5 Å². The average Bonchev–Trinajstić information content (AvgIpc) is 3.41. The van der Waals surface area contributed by atoms with Gasteiger partial charge in [0.1, 0.15) is 12.4 Å². The zero-order valence-corrected chi connectivity index (χ0v) is 19.1. The van der Waals surface area contributed by atoms with Crippen molar-refractivity contribution in [1.29, 1.82) is 0 Å². The lowest BCUT2D eigenvalue weighted by Crippen LogP contribution is -2.30. The maximum Gasteiger partial charge on any atom is 0.276 e. The number of aromatic nitrogens is 3. The third-order valence-electron chi connectivity index (χ3n) is 4.86. The van der Waals surface area contributed by atoms with Crippen molar-refractivity contribution >= 4 is 38.8 Å². The molecule has 3 heterocycles. The summed E-state index contributed by atoms with van der Waals surface area (Å²) in [6, 6.07) is 7.25. The van der Waals surface area contributed by atoms with Gasteiger partial charge in [-0.1, -0.05) is 5.16 Å². The van der Waals surface area contributed by atoms with Gasteiger partial charge >= 0.3 is 0 Å². The quantitative estimate of drug-likeness (QED) is 0.414. The van der Waals surface area contributed by atoms with E-state index >= 15 is 0 Å². The Morgan fingerprint density at radius 1 is 1.17 bits per heavy atom. The molecule has 3 aromatic heterocycles. The summed E-state index contributed by atoms with van der Waals surface area (Å²) < 4.78 is 12.2. The number of ether oxygens (including phenoxy) is 1. The minimum Gasteiger partial charge on any atom is -0.485 e. The van der Waals surface area contributed by atoms with E-state index in [1.165, 1.54) is 0 Å². The van der Waals surface area contributed by atoms with Gasteiger partial charge in [0.15, 0.2) is 11.5 Å². The van der Waals surface area contributed by atoms with Crippen LogP contribution in [0, 0.1) is 20.8 Å². The lowest BCUT2D eigenvalue weighted by molar-refractivity contribution is 0.0729. The van der Waals surface area contributed by atoms with Crippen LogP contribution in [-0.2, 0) is 6.61 Å². The molecule has 4 rings (SSSR count). The summed E-state index contributed by atoms with van der Waals surface area (Å²) in [4.78, 5) is 24.6. The monoisotopic (exact) mass is 442 g/mol. The normalized spacial score (nSPS) is 12.3. The molecule has 0 aliphatic carbocycles. The lowest BCUT2D eigenvalue weighted by atomic mass is 10.2. The summed E-state index contributed by atoms with van der Waals surface area (Å²) in [7, 11) is 1.75.